The number of aliphatic hydroxyl groups excluding tert-OH is 1. The minimum atomic E-state index is -1.45. The van der Waals surface area contributed by atoms with Crippen molar-refractivity contribution in [2.75, 3.05) is 26.2 Å². The lowest BCUT2D eigenvalue weighted by Gasteiger charge is -2.38. The van der Waals surface area contributed by atoms with Gasteiger partial charge in [0.05, 0.1) is 18.7 Å². The third-order valence-corrected chi connectivity index (χ3v) is 8.82. The van der Waals surface area contributed by atoms with E-state index < -0.39 is 41.8 Å². The molecule has 3 aromatic carbocycles. The third kappa shape index (κ3) is 8.72. The van der Waals surface area contributed by atoms with Crippen LogP contribution in [0.2, 0.25) is 0 Å². The summed E-state index contributed by atoms with van der Waals surface area (Å²) in [6.07, 6.45) is 1.14. The van der Waals surface area contributed by atoms with Crippen LogP contribution < -0.4 is 10.6 Å². The topological polar surface area (TPSA) is 105 Å². The minimum Gasteiger partial charge on any atom is -0.389 e. The van der Waals surface area contributed by atoms with Gasteiger partial charge in [0.1, 0.15) is 23.7 Å². The van der Waals surface area contributed by atoms with E-state index in [0.717, 1.165) is 48.6 Å². The number of hydrogen-bond acceptors (Lipinski definition) is 5. The number of hydrogen-bond donors (Lipinski definition) is 3. The predicted molar refractivity (Wildman–Crippen MR) is 174 cm³/mol. The highest BCUT2D eigenvalue weighted by Crippen LogP contribution is 2.22. The van der Waals surface area contributed by atoms with Crippen LogP contribution in [0.15, 0.2) is 78.9 Å². The summed E-state index contributed by atoms with van der Waals surface area (Å²) in [6, 6.07) is 18.6. The normalized spacial score (nSPS) is 19.6. The fourth-order valence-electron chi connectivity index (χ4n) is 6.35. The summed E-state index contributed by atoms with van der Waals surface area (Å²) in [5, 5.41) is 17.7. The lowest BCUT2D eigenvalue weighted by molar-refractivity contribution is -0.141. The molecule has 11 heteroatoms. The Hall–Kier alpha value is -4.35. The second-order valence-electron chi connectivity index (χ2n) is 12.3. The van der Waals surface area contributed by atoms with E-state index in [9.17, 15) is 28.3 Å². The van der Waals surface area contributed by atoms with Gasteiger partial charge in [-0.3, -0.25) is 9.59 Å². The number of urea groups is 1. The molecule has 0 spiro atoms. The smallest absolute Gasteiger partial charge is 0.321 e. The van der Waals surface area contributed by atoms with Gasteiger partial charge < -0.3 is 30.4 Å². The second-order valence-corrected chi connectivity index (χ2v) is 12.3. The summed E-state index contributed by atoms with van der Waals surface area (Å²) in [6.45, 7) is 4.13. The van der Waals surface area contributed by atoms with Gasteiger partial charge in [-0.05, 0) is 41.7 Å². The molecule has 9 nitrogen and oxygen atoms in total. The average Bonchev–Trinajstić information content (AvgIpc) is 3.36. The Bertz CT molecular complexity index is 1490. The number of piperazine rings is 1. The van der Waals surface area contributed by atoms with Crippen molar-refractivity contribution in [2.24, 2.45) is 0 Å². The maximum absolute atomic E-state index is 14.2. The van der Waals surface area contributed by atoms with Crippen LogP contribution in [0.5, 0.6) is 0 Å². The van der Waals surface area contributed by atoms with E-state index in [1.54, 1.807) is 9.80 Å². The first-order chi connectivity index (χ1) is 22.7. The molecule has 2 aliphatic heterocycles. The standard InChI is InChI=1S/C36H43F2N5O4/c1-2-3-10-16-42-24-31(43(36(42)47)23-26-13-8-5-9-14-26)34(45)40-30(20-27-18-28(37)21-29(38)19-27)33(44)32-35(46)41(17-15-39-32)22-25-11-6-4-7-12-25/h4-9,11-14,18-19,21,30-33,39,44H,2-3,10,15-17,20,22-24H2,1H3,(H,40,45)/t30-,31-,32-,33-/m0/s1. The van der Waals surface area contributed by atoms with Crippen LogP contribution in [0, 0.1) is 11.6 Å². The number of halogens is 2. The van der Waals surface area contributed by atoms with Crippen LogP contribution in [0.4, 0.5) is 13.6 Å². The zero-order valence-electron chi connectivity index (χ0n) is 26.7. The monoisotopic (exact) mass is 647 g/mol. The van der Waals surface area contributed by atoms with Crippen molar-refractivity contribution in [2.45, 2.75) is 69.9 Å². The lowest BCUT2D eigenvalue weighted by Crippen LogP contribution is -2.64. The molecule has 2 heterocycles. The van der Waals surface area contributed by atoms with Gasteiger partial charge in [0.2, 0.25) is 11.8 Å². The first-order valence-electron chi connectivity index (χ1n) is 16.3. The maximum Gasteiger partial charge on any atom is 0.321 e. The molecule has 0 aliphatic carbocycles. The number of carbonyl (C=O) groups is 3. The Morgan fingerprint density at radius 3 is 2.19 bits per heavy atom. The summed E-state index contributed by atoms with van der Waals surface area (Å²) in [5.41, 5.74) is 2.00. The molecule has 0 aromatic heterocycles. The Morgan fingerprint density at radius 2 is 1.55 bits per heavy atom. The number of carbonyl (C=O) groups excluding carboxylic acids is 3. The quantitative estimate of drug-likeness (QED) is 0.231. The Morgan fingerprint density at radius 1 is 0.915 bits per heavy atom. The van der Waals surface area contributed by atoms with Crippen molar-refractivity contribution in [1.29, 1.82) is 0 Å². The number of nitrogens with one attached hydrogen (secondary N) is 2. The van der Waals surface area contributed by atoms with Crippen molar-refractivity contribution < 1.29 is 28.3 Å². The van der Waals surface area contributed by atoms with Gasteiger partial charge in [-0.2, -0.15) is 0 Å². The van der Waals surface area contributed by atoms with E-state index >= 15 is 0 Å². The van der Waals surface area contributed by atoms with Gasteiger partial charge in [0, 0.05) is 38.8 Å². The van der Waals surface area contributed by atoms with Gasteiger partial charge in [-0.25, -0.2) is 13.6 Å². The molecule has 3 N–H and O–H groups in total. The largest absolute Gasteiger partial charge is 0.389 e. The Balaban J connectivity index is 1.39. The van der Waals surface area contributed by atoms with Gasteiger partial charge in [-0.1, -0.05) is 80.4 Å². The molecule has 4 amide bonds. The van der Waals surface area contributed by atoms with E-state index in [1.165, 1.54) is 4.90 Å². The van der Waals surface area contributed by atoms with Gasteiger partial charge in [0.15, 0.2) is 0 Å². The van der Waals surface area contributed by atoms with Crippen molar-refractivity contribution in [3.05, 3.63) is 107 Å². The molecule has 0 bridgehead atoms. The number of nitrogens with zero attached hydrogens (tertiary/aromatic N) is 3. The van der Waals surface area contributed by atoms with Crippen LogP contribution in [0.1, 0.15) is 42.9 Å². The molecule has 4 atom stereocenters. The van der Waals surface area contributed by atoms with Crippen LogP contribution in [-0.4, -0.2) is 88.1 Å². The van der Waals surface area contributed by atoms with Crippen LogP contribution in [-0.2, 0) is 29.1 Å². The lowest BCUT2D eigenvalue weighted by atomic mass is 9.93. The van der Waals surface area contributed by atoms with Crippen molar-refractivity contribution >= 4 is 17.8 Å². The fourth-order valence-corrected chi connectivity index (χ4v) is 6.35. The van der Waals surface area contributed by atoms with Gasteiger partial charge in [0.25, 0.3) is 0 Å². The summed E-state index contributed by atoms with van der Waals surface area (Å²) in [5.74, 6) is -2.45. The fraction of sp³-hybridized carbons (Fsp3) is 0.417. The molecule has 2 aliphatic rings. The van der Waals surface area contributed by atoms with Crippen molar-refractivity contribution in [3.8, 4) is 0 Å². The summed E-state index contributed by atoms with van der Waals surface area (Å²) in [4.78, 5) is 46.1. The van der Waals surface area contributed by atoms with Gasteiger partial charge in [-0.15, -0.1) is 0 Å². The highest BCUT2D eigenvalue weighted by Gasteiger charge is 2.44. The first-order valence-corrected chi connectivity index (χ1v) is 16.3. The Kier molecular flexibility index (Phi) is 11.6. The van der Waals surface area contributed by atoms with E-state index in [-0.39, 0.29) is 37.0 Å². The number of aliphatic hydroxyl groups is 1. The number of unbranched alkanes of at least 4 members (excludes halogenated alkanes) is 2. The van der Waals surface area contributed by atoms with Crippen LogP contribution >= 0.6 is 0 Å². The van der Waals surface area contributed by atoms with E-state index in [4.69, 9.17) is 0 Å². The Labute approximate surface area is 274 Å². The molecular formula is C36H43F2N5O4. The minimum absolute atomic E-state index is 0.148. The molecule has 250 valence electrons. The molecular weight excluding hydrogens is 604 g/mol. The molecule has 47 heavy (non-hydrogen) atoms. The number of rotatable bonds is 14. The molecule has 2 saturated heterocycles. The predicted octanol–water partition coefficient (Wildman–Crippen LogP) is 3.85. The van der Waals surface area contributed by atoms with E-state index in [0.29, 0.717) is 26.2 Å². The zero-order chi connectivity index (χ0) is 33.3. The summed E-state index contributed by atoms with van der Waals surface area (Å²) in [7, 11) is 0. The molecule has 3 aromatic rings. The van der Waals surface area contributed by atoms with Crippen LogP contribution in [0.25, 0.3) is 0 Å². The molecule has 0 saturated carbocycles. The third-order valence-electron chi connectivity index (χ3n) is 8.82. The highest BCUT2D eigenvalue weighted by molar-refractivity contribution is 5.91. The second kappa shape index (κ2) is 16.0. The van der Waals surface area contributed by atoms with Crippen molar-refractivity contribution in [3.63, 3.8) is 0 Å². The summed E-state index contributed by atoms with van der Waals surface area (Å²) >= 11 is 0. The van der Waals surface area contributed by atoms with Crippen molar-refractivity contribution in [1.82, 2.24) is 25.3 Å². The molecule has 0 radical (unpaired) electrons. The number of benzene rings is 3. The van der Waals surface area contributed by atoms with E-state index in [2.05, 4.69) is 17.6 Å². The zero-order valence-corrected chi connectivity index (χ0v) is 26.7. The molecule has 2 fully saturated rings. The highest BCUT2D eigenvalue weighted by atomic mass is 19.1. The molecule has 5 rings (SSSR count). The average molecular weight is 648 g/mol. The maximum atomic E-state index is 14.2. The molecule has 0 unspecified atom stereocenters. The van der Waals surface area contributed by atoms with Gasteiger partial charge >= 0.3 is 6.03 Å². The number of amides is 4. The first kappa shape index (κ1) is 34.0. The summed E-state index contributed by atoms with van der Waals surface area (Å²) < 4.78 is 28.4. The SMILES string of the molecule is CCCCCN1C[C@@H](C(=O)N[C@@H](Cc2cc(F)cc(F)c2)[C@H](O)[C@@H]2NCCN(Cc3ccccc3)C2=O)N(Cc2ccccc2)C1=O. The van der Waals surface area contributed by atoms with E-state index in [1.807, 2.05) is 60.7 Å². The van der Waals surface area contributed by atoms with Crippen LogP contribution in [0.3, 0.4) is 0 Å².